The van der Waals surface area contributed by atoms with Crippen molar-refractivity contribution in [3.63, 3.8) is 0 Å². The molecule has 0 aliphatic carbocycles. The monoisotopic (exact) mass is 550 g/mol. The fourth-order valence-electron chi connectivity index (χ4n) is 3.81. The number of carbonyl (C=O) groups excluding carboxylic acids is 1. The molecule has 39 heavy (non-hydrogen) atoms. The number of carbonyl (C=O) groups is 1. The Morgan fingerprint density at radius 3 is 2.18 bits per heavy atom. The van der Waals surface area contributed by atoms with Gasteiger partial charge in [-0.1, -0.05) is 29.6 Å². The number of fused-ring (bicyclic) bond motifs is 1. The second-order valence-electron chi connectivity index (χ2n) is 8.12. The number of hydrogen-bond acceptors (Lipinski definition) is 9. The molecule has 4 aromatic rings. The van der Waals surface area contributed by atoms with Crippen molar-refractivity contribution in [3.05, 3.63) is 59.7 Å². The molecule has 0 saturated carbocycles. The molecule has 4 rings (SSSR count). The number of anilines is 1. The van der Waals surface area contributed by atoms with Crippen LogP contribution >= 0.6 is 11.3 Å². The first kappa shape index (κ1) is 27.6. The molecule has 0 aliphatic heterocycles. The molecule has 0 bridgehead atoms. The zero-order valence-electron chi connectivity index (χ0n) is 22.4. The fourth-order valence-corrected chi connectivity index (χ4v) is 4.72. The van der Waals surface area contributed by atoms with E-state index >= 15 is 0 Å². The third-order valence-electron chi connectivity index (χ3n) is 5.62. The summed E-state index contributed by atoms with van der Waals surface area (Å²) in [7, 11) is 6.25. The van der Waals surface area contributed by atoms with Crippen LogP contribution in [0.25, 0.3) is 22.4 Å². The molecule has 0 atom stereocenters. The van der Waals surface area contributed by atoms with Crippen molar-refractivity contribution < 1.29 is 33.2 Å². The third kappa shape index (κ3) is 6.71. The van der Waals surface area contributed by atoms with Crippen molar-refractivity contribution in [2.75, 3.05) is 47.0 Å². The van der Waals surface area contributed by atoms with Gasteiger partial charge in [-0.2, -0.15) is 0 Å². The molecule has 0 unspecified atom stereocenters. The van der Waals surface area contributed by atoms with E-state index in [1.54, 1.807) is 40.6 Å². The van der Waals surface area contributed by atoms with Crippen LogP contribution < -0.4 is 33.7 Å². The van der Waals surface area contributed by atoms with Crippen LogP contribution in [0.2, 0.25) is 0 Å². The second-order valence-corrected chi connectivity index (χ2v) is 9.15. The first-order valence-electron chi connectivity index (χ1n) is 12.1. The van der Waals surface area contributed by atoms with Crippen LogP contribution in [0.3, 0.4) is 0 Å². The maximum Gasteiger partial charge on any atom is 0.264 e. The smallest absolute Gasteiger partial charge is 0.264 e. The number of benzene rings is 3. The highest BCUT2D eigenvalue weighted by molar-refractivity contribution is 7.22. The zero-order valence-corrected chi connectivity index (χ0v) is 23.2. The van der Waals surface area contributed by atoms with Gasteiger partial charge in [0.05, 0.1) is 45.3 Å². The minimum Gasteiger partial charge on any atom is -0.494 e. The zero-order chi connectivity index (χ0) is 27.8. The highest BCUT2D eigenvalue weighted by Gasteiger charge is 2.13. The van der Waals surface area contributed by atoms with Gasteiger partial charge in [0, 0.05) is 0 Å². The summed E-state index contributed by atoms with van der Waals surface area (Å²) in [6.45, 7) is 2.30. The molecule has 0 fully saturated rings. The van der Waals surface area contributed by atoms with E-state index in [-0.39, 0.29) is 12.5 Å². The molecule has 0 aliphatic rings. The lowest BCUT2D eigenvalue weighted by Crippen LogP contribution is -2.20. The van der Waals surface area contributed by atoms with Crippen LogP contribution in [0.15, 0.2) is 48.5 Å². The number of aromatic nitrogens is 1. The molecule has 1 heterocycles. The van der Waals surface area contributed by atoms with Gasteiger partial charge in [0.25, 0.3) is 5.91 Å². The van der Waals surface area contributed by atoms with Crippen LogP contribution in [-0.4, -0.2) is 52.5 Å². The fraction of sp³-hybridized carbons (Fsp3) is 0.241. The Kier molecular flexibility index (Phi) is 9.11. The summed E-state index contributed by atoms with van der Waals surface area (Å²) in [5.74, 6) is 3.02. The molecule has 1 amide bonds. The quantitative estimate of drug-likeness (QED) is 0.217. The Morgan fingerprint density at radius 1 is 0.821 bits per heavy atom. The van der Waals surface area contributed by atoms with Gasteiger partial charge in [0.15, 0.2) is 34.7 Å². The first-order valence-corrected chi connectivity index (χ1v) is 12.9. The number of rotatable bonds is 12. The SMILES string of the molecule is CCOc1ccc2nc(NC(=O)COc3cc(C=Cc4cc(OC)c(OC)c(OC)c4)ccc3OC)sc2c1. The average molecular weight is 551 g/mol. The van der Waals surface area contributed by atoms with Crippen molar-refractivity contribution >= 4 is 44.7 Å². The second kappa shape index (κ2) is 12.9. The van der Waals surface area contributed by atoms with Gasteiger partial charge < -0.3 is 28.4 Å². The molecule has 0 spiro atoms. The number of thiazole rings is 1. The molecule has 10 heteroatoms. The summed E-state index contributed by atoms with van der Waals surface area (Å²) in [4.78, 5) is 17.1. The largest absolute Gasteiger partial charge is 0.494 e. The Labute approximate surface area is 230 Å². The van der Waals surface area contributed by atoms with Crippen LogP contribution in [0.5, 0.6) is 34.5 Å². The van der Waals surface area contributed by atoms with E-state index in [1.807, 2.05) is 55.5 Å². The van der Waals surface area contributed by atoms with Crippen molar-refractivity contribution in [3.8, 4) is 34.5 Å². The van der Waals surface area contributed by atoms with Gasteiger partial charge in [-0.05, 0) is 60.5 Å². The minimum atomic E-state index is -0.334. The first-order chi connectivity index (χ1) is 19.0. The normalized spacial score (nSPS) is 10.9. The lowest BCUT2D eigenvalue weighted by Gasteiger charge is -2.13. The lowest BCUT2D eigenvalue weighted by molar-refractivity contribution is -0.118. The molecule has 1 N–H and O–H groups in total. The molecule has 1 aromatic heterocycles. The molecule has 9 nitrogen and oxygen atoms in total. The van der Waals surface area contributed by atoms with E-state index in [4.69, 9.17) is 28.4 Å². The Balaban J connectivity index is 1.45. The van der Waals surface area contributed by atoms with Crippen molar-refractivity contribution in [1.82, 2.24) is 4.98 Å². The predicted molar refractivity (Wildman–Crippen MR) is 153 cm³/mol. The van der Waals surface area contributed by atoms with Crippen molar-refractivity contribution in [2.45, 2.75) is 6.92 Å². The van der Waals surface area contributed by atoms with Crippen LogP contribution in [0.4, 0.5) is 5.13 Å². The van der Waals surface area contributed by atoms with E-state index in [1.165, 1.54) is 11.3 Å². The molecular formula is C29H30N2O7S. The van der Waals surface area contributed by atoms with Crippen molar-refractivity contribution in [2.24, 2.45) is 0 Å². The van der Waals surface area contributed by atoms with Gasteiger partial charge in [-0.3, -0.25) is 10.1 Å². The summed E-state index contributed by atoms with van der Waals surface area (Å²) in [5, 5.41) is 3.28. The Hall–Kier alpha value is -4.44. The molecule has 3 aromatic carbocycles. The summed E-state index contributed by atoms with van der Waals surface area (Å²) in [6.07, 6.45) is 3.82. The Morgan fingerprint density at radius 2 is 1.51 bits per heavy atom. The maximum absolute atomic E-state index is 12.6. The van der Waals surface area contributed by atoms with Gasteiger partial charge in [0.1, 0.15) is 5.75 Å². The third-order valence-corrected chi connectivity index (χ3v) is 6.55. The van der Waals surface area contributed by atoms with E-state index in [0.717, 1.165) is 27.1 Å². The van der Waals surface area contributed by atoms with Gasteiger partial charge in [-0.15, -0.1) is 0 Å². The molecule has 0 saturated heterocycles. The van der Waals surface area contributed by atoms with E-state index in [2.05, 4.69) is 10.3 Å². The highest BCUT2D eigenvalue weighted by Crippen LogP contribution is 2.39. The summed E-state index contributed by atoms with van der Waals surface area (Å²) >= 11 is 1.37. The number of amides is 1. The average Bonchev–Trinajstić information content (AvgIpc) is 3.35. The van der Waals surface area contributed by atoms with Gasteiger partial charge >= 0.3 is 0 Å². The summed E-state index contributed by atoms with van der Waals surface area (Å²) in [5.41, 5.74) is 2.48. The molecular weight excluding hydrogens is 520 g/mol. The Bertz CT molecular complexity index is 1460. The minimum absolute atomic E-state index is 0.212. The van der Waals surface area contributed by atoms with Gasteiger partial charge in [0.2, 0.25) is 5.75 Å². The molecule has 204 valence electrons. The highest BCUT2D eigenvalue weighted by atomic mass is 32.1. The number of nitrogens with one attached hydrogen (secondary N) is 1. The van der Waals surface area contributed by atoms with E-state index < -0.39 is 0 Å². The van der Waals surface area contributed by atoms with Crippen LogP contribution in [0.1, 0.15) is 18.1 Å². The van der Waals surface area contributed by atoms with Gasteiger partial charge in [-0.25, -0.2) is 4.98 Å². The summed E-state index contributed by atoms with van der Waals surface area (Å²) < 4.78 is 33.9. The number of ether oxygens (including phenoxy) is 6. The standard InChI is InChI=1S/C29H30N2O7S/c1-6-37-20-10-11-21-26(16-20)39-29(30-21)31-27(32)17-38-23-13-18(9-12-22(23)33-2)7-8-19-14-24(34-3)28(36-5)25(15-19)35-4/h7-16H,6,17H2,1-5H3,(H,30,31,32). The van der Waals surface area contributed by atoms with E-state index in [9.17, 15) is 4.79 Å². The van der Waals surface area contributed by atoms with Crippen LogP contribution in [0, 0.1) is 0 Å². The maximum atomic E-state index is 12.6. The summed E-state index contributed by atoms with van der Waals surface area (Å²) in [6, 6.07) is 14.8. The predicted octanol–water partition coefficient (Wildman–Crippen LogP) is 5.92. The lowest BCUT2D eigenvalue weighted by atomic mass is 10.1. The van der Waals surface area contributed by atoms with Crippen molar-refractivity contribution in [1.29, 1.82) is 0 Å². The van der Waals surface area contributed by atoms with Crippen LogP contribution in [-0.2, 0) is 4.79 Å². The number of methoxy groups -OCH3 is 4. The number of nitrogens with zero attached hydrogens (tertiary/aromatic N) is 1. The topological polar surface area (TPSA) is 97.4 Å². The molecule has 0 radical (unpaired) electrons. The van der Waals surface area contributed by atoms with E-state index in [0.29, 0.717) is 40.5 Å². The number of hydrogen-bond donors (Lipinski definition) is 1.